The molecule has 2 amide bonds. The topological polar surface area (TPSA) is 76.7 Å². The molecule has 0 aliphatic heterocycles. The van der Waals surface area contributed by atoms with E-state index in [1.807, 2.05) is 0 Å². The van der Waals surface area contributed by atoms with E-state index < -0.39 is 17.5 Å². The lowest BCUT2D eigenvalue weighted by Crippen LogP contribution is -2.36. The summed E-state index contributed by atoms with van der Waals surface area (Å²) in [5.74, 6) is -0.0963. The molecule has 7 heteroatoms. The maximum absolute atomic E-state index is 14.2. The number of rotatable bonds is 7. The third kappa shape index (κ3) is 8.43. The first-order valence-electron chi connectivity index (χ1n) is 10.5. The lowest BCUT2D eigenvalue weighted by atomic mass is 9.95. The van der Waals surface area contributed by atoms with Crippen LogP contribution in [0.3, 0.4) is 0 Å². The van der Waals surface area contributed by atoms with Crippen molar-refractivity contribution in [1.29, 1.82) is 0 Å². The van der Waals surface area contributed by atoms with E-state index in [1.165, 1.54) is 6.42 Å². The summed E-state index contributed by atoms with van der Waals surface area (Å²) in [6, 6.07) is 6.89. The van der Waals surface area contributed by atoms with Crippen LogP contribution in [0, 0.1) is 0 Å². The number of ether oxygens (including phenoxy) is 2. The summed E-state index contributed by atoms with van der Waals surface area (Å²) in [6.45, 7) is 6.63. The monoisotopic (exact) mass is 420 g/mol. The molecule has 1 aromatic rings. The van der Waals surface area contributed by atoms with Crippen molar-refractivity contribution in [2.75, 3.05) is 13.2 Å². The van der Waals surface area contributed by atoms with Crippen molar-refractivity contribution in [1.82, 2.24) is 10.6 Å². The Kier molecular flexibility index (Phi) is 8.69. The molecule has 1 aliphatic rings. The highest BCUT2D eigenvalue weighted by atomic mass is 19.1. The minimum Gasteiger partial charge on any atom is -0.487 e. The molecule has 0 atom stereocenters. The molecule has 1 fully saturated rings. The second-order valence-corrected chi connectivity index (χ2v) is 8.66. The fourth-order valence-electron chi connectivity index (χ4n) is 3.10. The first kappa shape index (κ1) is 23.7. The van der Waals surface area contributed by atoms with Gasteiger partial charge in [0, 0.05) is 18.2 Å². The molecule has 30 heavy (non-hydrogen) atoms. The molecule has 1 saturated carbocycles. The van der Waals surface area contributed by atoms with E-state index in [4.69, 9.17) is 9.47 Å². The van der Waals surface area contributed by atoms with Gasteiger partial charge in [0.15, 0.2) is 0 Å². The maximum Gasteiger partial charge on any atom is 0.407 e. The van der Waals surface area contributed by atoms with Crippen molar-refractivity contribution in [3.05, 3.63) is 41.2 Å². The molecule has 0 spiro atoms. The van der Waals surface area contributed by atoms with Crippen molar-refractivity contribution >= 4 is 12.0 Å². The summed E-state index contributed by atoms with van der Waals surface area (Å²) in [6.07, 6.45) is 5.01. The van der Waals surface area contributed by atoms with Crippen LogP contribution in [-0.2, 0) is 4.74 Å². The summed E-state index contributed by atoms with van der Waals surface area (Å²) in [7, 11) is 0. The molecule has 1 aliphatic carbocycles. The Hall–Kier alpha value is -2.57. The van der Waals surface area contributed by atoms with Crippen LogP contribution < -0.4 is 15.4 Å². The number of hydrogen-bond donors (Lipinski definition) is 2. The van der Waals surface area contributed by atoms with Crippen LogP contribution in [0.15, 0.2) is 35.7 Å². The van der Waals surface area contributed by atoms with Crippen molar-refractivity contribution in [2.24, 2.45) is 0 Å². The van der Waals surface area contributed by atoms with E-state index >= 15 is 0 Å². The van der Waals surface area contributed by atoms with Gasteiger partial charge in [-0.3, -0.25) is 4.79 Å². The quantitative estimate of drug-likeness (QED) is 0.658. The van der Waals surface area contributed by atoms with Crippen molar-refractivity contribution in [3.63, 3.8) is 0 Å². The summed E-state index contributed by atoms with van der Waals surface area (Å²) in [5, 5.41) is 5.58. The maximum atomic E-state index is 14.2. The Morgan fingerprint density at radius 2 is 1.73 bits per heavy atom. The van der Waals surface area contributed by atoms with E-state index in [9.17, 15) is 14.0 Å². The predicted octanol–water partition coefficient (Wildman–Crippen LogP) is 4.90. The number of halogens is 1. The molecule has 166 valence electrons. The smallest absolute Gasteiger partial charge is 0.407 e. The molecular weight excluding hydrogens is 387 g/mol. The van der Waals surface area contributed by atoms with E-state index in [0.29, 0.717) is 16.9 Å². The van der Waals surface area contributed by atoms with Crippen molar-refractivity contribution < 1.29 is 23.5 Å². The fourth-order valence-corrected chi connectivity index (χ4v) is 3.10. The second-order valence-electron chi connectivity index (χ2n) is 8.66. The Labute approximate surface area is 178 Å². The van der Waals surface area contributed by atoms with Crippen LogP contribution in [0.25, 0.3) is 0 Å². The normalized spacial score (nSPS) is 15.8. The van der Waals surface area contributed by atoms with E-state index in [2.05, 4.69) is 10.6 Å². The van der Waals surface area contributed by atoms with Gasteiger partial charge in [0.25, 0.3) is 5.91 Å². The SMILES string of the molecule is C/C(CNC(=O)OC(C)(C)C)=C(\F)COc1ccc(C(=O)NC2CCCCC2)cc1. The summed E-state index contributed by atoms with van der Waals surface area (Å²) in [5.41, 5.74) is 0.300. The molecule has 0 aromatic heterocycles. The van der Waals surface area contributed by atoms with Crippen molar-refractivity contribution in [2.45, 2.75) is 71.4 Å². The molecular formula is C23H33FN2O4. The van der Waals surface area contributed by atoms with Gasteiger partial charge in [-0.05, 0) is 70.4 Å². The van der Waals surface area contributed by atoms with Gasteiger partial charge in [-0.15, -0.1) is 0 Å². The Morgan fingerprint density at radius 3 is 2.33 bits per heavy atom. The standard InChI is InChI=1S/C23H33FN2O4/c1-16(14-25-22(28)30-23(2,3)4)20(24)15-29-19-12-10-17(11-13-19)21(27)26-18-8-6-5-7-9-18/h10-13,18H,5-9,14-15H2,1-4H3,(H,25,28)(H,26,27)/b20-16+. The molecule has 2 rings (SSSR count). The van der Waals surface area contributed by atoms with Crippen LogP contribution in [0.2, 0.25) is 0 Å². The number of nitrogens with one attached hydrogen (secondary N) is 2. The molecule has 0 heterocycles. The van der Waals surface area contributed by atoms with Gasteiger partial charge in [0.1, 0.15) is 23.8 Å². The second kappa shape index (κ2) is 11.0. The van der Waals surface area contributed by atoms with Crippen LogP contribution in [0.1, 0.15) is 70.2 Å². The van der Waals surface area contributed by atoms with Gasteiger partial charge >= 0.3 is 6.09 Å². The Balaban J connectivity index is 1.79. The average molecular weight is 421 g/mol. The van der Waals surface area contributed by atoms with Gasteiger partial charge in [0.2, 0.25) is 0 Å². The minimum atomic E-state index is -0.608. The van der Waals surface area contributed by atoms with Gasteiger partial charge in [-0.1, -0.05) is 19.3 Å². The summed E-state index contributed by atoms with van der Waals surface area (Å²) < 4.78 is 24.8. The van der Waals surface area contributed by atoms with E-state index in [0.717, 1.165) is 25.7 Å². The summed E-state index contributed by atoms with van der Waals surface area (Å²) >= 11 is 0. The van der Waals surface area contributed by atoms with E-state index in [1.54, 1.807) is 52.0 Å². The predicted molar refractivity (Wildman–Crippen MR) is 114 cm³/mol. The first-order valence-corrected chi connectivity index (χ1v) is 10.5. The highest BCUT2D eigenvalue weighted by Crippen LogP contribution is 2.19. The molecule has 2 N–H and O–H groups in total. The highest BCUT2D eigenvalue weighted by molar-refractivity contribution is 5.94. The van der Waals surface area contributed by atoms with Gasteiger partial charge in [0.05, 0.1) is 0 Å². The Morgan fingerprint density at radius 1 is 1.10 bits per heavy atom. The minimum absolute atomic E-state index is 0.0321. The first-order chi connectivity index (χ1) is 14.1. The van der Waals surface area contributed by atoms with Gasteiger partial charge in [-0.25, -0.2) is 9.18 Å². The number of carbonyl (C=O) groups excluding carboxylic acids is 2. The summed E-state index contributed by atoms with van der Waals surface area (Å²) in [4.78, 5) is 24.0. The van der Waals surface area contributed by atoms with Gasteiger partial charge in [-0.2, -0.15) is 0 Å². The van der Waals surface area contributed by atoms with Crippen molar-refractivity contribution in [3.8, 4) is 5.75 Å². The third-order valence-corrected chi connectivity index (χ3v) is 4.78. The fraction of sp³-hybridized carbons (Fsp3) is 0.565. The lowest BCUT2D eigenvalue weighted by molar-refractivity contribution is 0.0532. The number of alkyl carbamates (subject to hydrolysis) is 1. The molecule has 0 bridgehead atoms. The molecule has 0 unspecified atom stereocenters. The average Bonchev–Trinajstić information content (AvgIpc) is 2.70. The number of hydrogen-bond acceptors (Lipinski definition) is 4. The van der Waals surface area contributed by atoms with Gasteiger partial charge < -0.3 is 20.1 Å². The molecule has 6 nitrogen and oxygen atoms in total. The third-order valence-electron chi connectivity index (χ3n) is 4.78. The zero-order valence-electron chi connectivity index (χ0n) is 18.3. The van der Waals surface area contributed by atoms with Crippen LogP contribution in [0.5, 0.6) is 5.75 Å². The number of benzene rings is 1. The van der Waals surface area contributed by atoms with Crippen LogP contribution >= 0.6 is 0 Å². The molecule has 0 saturated heterocycles. The number of carbonyl (C=O) groups is 2. The largest absolute Gasteiger partial charge is 0.487 e. The zero-order valence-corrected chi connectivity index (χ0v) is 18.3. The van der Waals surface area contributed by atoms with E-state index in [-0.39, 0.29) is 25.1 Å². The highest BCUT2D eigenvalue weighted by Gasteiger charge is 2.17. The Bertz CT molecular complexity index is 747. The molecule has 1 aromatic carbocycles. The lowest BCUT2D eigenvalue weighted by Gasteiger charge is -2.22. The van der Waals surface area contributed by atoms with Crippen LogP contribution in [0.4, 0.5) is 9.18 Å². The number of amides is 2. The van der Waals surface area contributed by atoms with Crippen LogP contribution in [-0.4, -0.2) is 36.8 Å². The molecule has 0 radical (unpaired) electrons. The zero-order chi connectivity index (χ0) is 22.1.